The number of nitrogens with one attached hydrogen (secondary N) is 1. The second kappa shape index (κ2) is 7.50. The summed E-state index contributed by atoms with van der Waals surface area (Å²) in [5.41, 5.74) is 1.87. The Balaban J connectivity index is 1.90. The topological polar surface area (TPSA) is 38.3 Å². The molecule has 0 spiro atoms. The lowest BCUT2D eigenvalue weighted by atomic mass is 10.2. The van der Waals surface area contributed by atoms with Gasteiger partial charge in [-0.15, -0.1) is 0 Å². The number of halogens is 1. The van der Waals surface area contributed by atoms with Crippen molar-refractivity contribution in [2.24, 2.45) is 0 Å². The van der Waals surface area contributed by atoms with E-state index in [1.165, 1.54) is 6.08 Å². The van der Waals surface area contributed by atoms with E-state index in [9.17, 15) is 4.79 Å². The van der Waals surface area contributed by atoms with E-state index in [1.807, 2.05) is 42.5 Å². The highest BCUT2D eigenvalue weighted by molar-refractivity contribution is 6.30. The Morgan fingerprint density at radius 1 is 1.24 bits per heavy atom. The SMILES string of the molecule is COc1cccc(/C=C/C(=O)NCc2cccc(Cl)c2)c1. The van der Waals surface area contributed by atoms with Crippen molar-refractivity contribution in [3.05, 3.63) is 70.8 Å². The molecule has 0 atom stereocenters. The summed E-state index contributed by atoms with van der Waals surface area (Å²) in [7, 11) is 1.61. The molecular weight excluding hydrogens is 286 g/mol. The van der Waals surface area contributed by atoms with E-state index in [4.69, 9.17) is 16.3 Å². The monoisotopic (exact) mass is 301 g/mol. The molecule has 2 aromatic carbocycles. The van der Waals surface area contributed by atoms with E-state index in [0.29, 0.717) is 11.6 Å². The average molecular weight is 302 g/mol. The minimum atomic E-state index is -0.155. The van der Waals surface area contributed by atoms with Gasteiger partial charge >= 0.3 is 0 Å². The van der Waals surface area contributed by atoms with Crippen LogP contribution in [0.25, 0.3) is 6.08 Å². The van der Waals surface area contributed by atoms with Crippen LogP contribution in [0.1, 0.15) is 11.1 Å². The van der Waals surface area contributed by atoms with Gasteiger partial charge in [0.25, 0.3) is 0 Å². The van der Waals surface area contributed by atoms with Crippen molar-refractivity contribution in [2.45, 2.75) is 6.54 Å². The van der Waals surface area contributed by atoms with Gasteiger partial charge in [-0.3, -0.25) is 4.79 Å². The lowest BCUT2D eigenvalue weighted by molar-refractivity contribution is -0.116. The summed E-state index contributed by atoms with van der Waals surface area (Å²) < 4.78 is 5.13. The number of amides is 1. The molecule has 0 aromatic heterocycles. The lowest BCUT2D eigenvalue weighted by Gasteiger charge is -2.03. The first-order valence-electron chi connectivity index (χ1n) is 6.52. The minimum Gasteiger partial charge on any atom is -0.497 e. The number of hydrogen-bond donors (Lipinski definition) is 1. The van der Waals surface area contributed by atoms with Crippen LogP contribution in [0.15, 0.2) is 54.6 Å². The number of rotatable bonds is 5. The fourth-order valence-corrected chi connectivity index (χ4v) is 2.03. The Morgan fingerprint density at radius 3 is 2.81 bits per heavy atom. The molecule has 4 heteroatoms. The van der Waals surface area contributed by atoms with E-state index in [-0.39, 0.29) is 5.91 Å². The van der Waals surface area contributed by atoms with E-state index in [0.717, 1.165) is 16.9 Å². The van der Waals surface area contributed by atoms with Gasteiger partial charge < -0.3 is 10.1 Å². The summed E-state index contributed by atoms with van der Waals surface area (Å²) >= 11 is 5.89. The van der Waals surface area contributed by atoms with Crippen molar-refractivity contribution >= 4 is 23.6 Å². The predicted molar refractivity (Wildman–Crippen MR) is 85.3 cm³/mol. The predicted octanol–water partition coefficient (Wildman–Crippen LogP) is 3.68. The normalized spacial score (nSPS) is 10.6. The molecule has 0 aliphatic carbocycles. The first-order chi connectivity index (χ1) is 10.2. The molecule has 0 saturated heterocycles. The summed E-state index contributed by atoms with van der Waals surface area (Å²) in [6.45, 7) is 0.446. The second-order valence-electron chi connectivity index (χ2n) is 4.46. The molecule has 2 aromatic rings. The van der Waals surface area contributed by atoms with Crippen LogP contribution >= 0.6 is 11.6 Å². The van der Waals surface area contributed by atoms with Gasteiger partial charge in [-0.25, -0.2) is 0 Å². The van der Waals surface area contributed by atoms with Crippen molar-refractivity contribution in [2.75, 3.05) is 7.11 Å². The van der Waals surface area contributed by atoms with Gasteiger partial charge in [-0.05, 0) is 41.5 Å². The molecule has 1 amide bonds. The van der Waals surface area contributed by atoms with E-state index in [1.54, 1.807) is 19.3 Å². The lowest BCUT2D eigenvalue weighted by Crippen LogP contribution is -2.20. The zero-order chi connectivity index (χ0) is 15.1. The highest BCUT2D eigenvalue weighted by atomic mass is 35.5. The summed E-state index contributed by atoms with van der Waals surface area (Å²) in [6, 6.07) is 14.9. The second-order valence-corrected chi connectivity index (χ2v) is 4.89. The van der Waals surface area contributed by atoms with Crippen LogP contribution < -0.4 is 10.1 Å². The molecular formula is C17H16ClNO2. The summed E-state index contributed by atoms with van der Waals surface area (Å²) in [5, 5.41) is 3.47. The quantitative estimate of drug-likeness (QED) is 0.856. The van der Waals surface area contributed by atoms with Crippen molar-refractivity contribution in [1.29, 1.82) is 0 Å². The van der Waals surface area contributed by atoms with Gasteiger partial charge in [0, 0.05) is 17.6 Å². The number of carbonyl (C=O) groups excluding carboxylic acids is 1. The molecule has 0 aliphatic heterocycles. The smallest absolute Gasteiger partial charge is 0.244 e. The molecule has 0 bridgehead atoms. The zero-order valence-electron chi connectivity index (χ0n) is 11.7. The Hall–Kier alpha value is -2.26. The molecule has 0 unspecified atom stereocenters. The molecule has 2 rings (SSSR count). The number of ether oxygens (including phenoxy) is 1. The maximum Gasteiger partial charge on any atom is 0.244 e. The van der Waals surface area contributed by atoms with Gasteiger partial charge in [0.2, 0.25) is 5.91 Å². The van der Waals surface area contributed by atoms with Crippen LogP contribution in [0.3, 0.4) is 0 Å². The third-order valence-corrected chi connectivity index (χ3v) is 3.11. The van der Waals surface area contributed by atoms with Gasteiger partial charge in [0.05, 0.1) is 7.11 Å². The standard InChI is InChI=1S/C17H16ClNO2/c1-21-16-7-3-4-13(11-16)8-9-17(20)19-12-14-5-2-6-15(18)10-14/h2-11H,12H2,1H3,(H,19,20)/b9-8+. The van der Waals surface area contributed by atoms with Crippen molar-refractivity contribution in [3.8, 4) is 5.75 Å². The molecule has 0 heterocycles. The van der Waals surface area contributed by atoms with Gasteiger partial charge in [0.1, 0.15) is 5.75 Å². The Bertz CT molecular complexity index is 653. The van der Waals surface area contributed by atoms with E-state index in [2.05, 4.69) is 5.32 Å². The molecule has 3 nitrogen and oxygen atoms in total. The van der Waals surface area contributed by atoms with Crippen molar-refractivity contribution in [1.82, 2.24) is 5.32 Å². The van der Waals surface area contributed by atoms with Crippen LogP contribution in [-0.4, -0.2) is 13.0 Å². The van der Waals surface area contributed by atoms with Crippen LogP contribution in [-0.2, 0) is 11.3 Å². The molecule has 1 N–H and O–H groups in total. The van der Waals surface area contributed by atoms with Crippen LogP contribution in [0.4, 0.5) is 0 Å². The number of benzene rings is 2. The van der Waals surface area contributed by atoms with Gasteiger partial charge in [0.15, 0.2) is 0 Å². The summed E-state index contributed by atoms with van der Waals surface area (Å²) in [5.74, 6) is 0.606. The molecule has 0 saturated carbocycles. The summed E-state index contributed by atoms with van der Waals surface area (Å²) in [6.07, 6.45) is 3.25. The first-order valence-corrected chi connectivity index (χ1v) is 6.89. The van der Waals surface area contributed by atoms with Crippen LogP contribution in [0.2, 0.25) is 5.02 Å². The molecule has 0 aliphatic rings. The third kappa shape index (κ3) is 4.97. The molecule has 0 fully saturated rings. The zero-order valence-corrected chi connectivity index (χ0v) is 12.4. The fraction of sp³-hybridized carbons (Fsp3) is 0.118. The molecule has 21 heavy (non-hydrogen) atoms. The Labute approximate surface area is 129 Å². The molecule has 108 valence electrons. The van der Waals surface area contributed by atoms with Gasteiger partial charge in [-0.1, -0.05) is 35.9 Å². The first kappa shape index (κ1) is 15.1. The largest absolute Gasteiger partial charge is 0.497 e. The third-order valence-electron chi connectivity index (χ3n) is 2.88. The summed E-state index contributed by atoms with van der Waals surface area (Å²) in [4.78, 5) is 11.8. The Kier molecular flexibility index (Phi) is 5.41. The highest BCUT2D eigenvalue weighted by Gasteiger charge is 1.98. The van der Waals surface area contributed by atoms with Crippen molar-refractivity contribution < 1.29 is 9.53 Å². The van der Waals surface area contributed by atoms with Gasteiger partial charge in [-0.2, -0.15) is 0 Å². The van der Waals surface area contributed by atoms with Crippen LogP contribution in [0.5, 0.6) is 5.75 Å². The minimum absolute atomic E-state index is 0.155. The highest BCUT2D eigenvalue weighted by Crippen LogP contribution is 2.13. The van der Waals surface area contributed by atoms with E-state index < -0.39 is 0 Å². The van der Waals surface area contributed by atoms with Crippen LogP contribution in [0, 0.1) is 0 Å². The maximum atomic E-state index is 11.8. The van der Waals surface area contributed by atoms with E-state index >= 15 is 0 Å². The number of hydrogen-bond acceptors (Lipinski definition) is 2. The maximum absolute atomic E-state index is 11.8. The van der Waals surface area contributed by atoms with Crippen molar-refractivity contribution in [3.63, 3.8) is 0 Å². The molecule has 0 radical (unpaired) electrons. The Morgan fingerprint density at radius 2 is 2.05 bits per heavy atom. The fourth-order valence-electron chi connectivity index (χ4n) is 1.81. The number of carbonyl (C=O) groups is 1. The number of methoxy groups -OCH3 is 1. The average Bonchev–Trinajstić information content (AvgIpc) is 2.51.